The van der Waals surface area contributed by atoms with Crippen LogP contribution >= 0.6 is 23.1 Å². The van der Waals surface area contributed by atoms with Crippen molar-refractivity contribution in [3.8, 4) is 0 Å². The van der Waals surface area contributed by atoms with E-state index in [2.05, 4.69) is 0 Å². The maximum Gasteiger partial charge on any atom is 0.151 e. The molecule has 0 saturated heterocycles. The molecular formula is C10H7FOS2. The van der Waals surface area contributed by atoms with Crippen LogP contribution < -0.4 is 0 Å². The van der Waals surface area contributed by atoms with Gasteiger partial charge in [-0.2, -0.15) is 0 Å². The van der Waals surface area contributed by atoms with Gasteiger partial charge in [0.2, 0.25) is 0 Å². The Labute approximate surface area is 88.9 Å². The van der Waals surface area contributed by atoms with Gasteiger partial charge < -0.3 is 0 Å². The second-order valence-corrected chi connectivity index (χ2v) is 4.55. The highest BCUT2D eigenvalue weighted by atomic mass is 32.2. The molecule has 0 aliphatic heterocycles. The van der Waals surface area contributed by atoms with Gasteiger partial charge in [-0.25, -0.2) is 4.39 Å². The lowest BCUT2D eigenvalue weighted by Crippen LogP contribution is -1.81. The molecule has 0 saturated carbocycles. The molecule has 1 aromatic carbocycles. The van der Waals surface area contributed by atoms with Gasteiger partial charge in [0.1, 0.15) is 5.82 Å². The summed E-state index contributed by atoms with van der Waals surface area (Å²) in [6.07, 6.45) is 2.69. The molecular weight excluding hydrogens is 219 g/mol. The topological polar surface area (TPSA) is 17.1 Å². The smallest absolute Gasteiger partial charge is 0.151 e. The lowest BCUT2D eigenvalue weighted by atomic mass is 10.2. The average Bonchev–Trinajstić information content (AvgIpc) is 2.59. The van der Waals surface area contributed by atoms with Gasteiger partial charge in [-0.1, -0.05) is 0 Å². The van der Waals surface area contributed by atoms with Crippen molar-refractivity contribution < 1.29 is 9.18 Å². The van der Waals surface area contributed by atoms with Crippen molar-refractivity contribution in [2.45, 2.75) is 4.90 Å². The van der Waals surface area contributed by atoms with Crippen LogP contribution in [-0.2, 0) is 0 Å². The van der Waals surface area contributed by atoms with Crippen LogP contribution in [0.1, 0.15) is 10.4 Å². The van der Waals surface area contributed by atoms with Crippen LogP contribution in [-0.4, -0.2) is 12.5 Å². The molecule has 0 aliphatic carbocycles. The van der Waals surface area contributed by atoms with E-state index in [9.17, 15) is 9.18 Å². The number of hydrogen-bond donors (Lipinski definition) is 0. The highest BCUT2D eigenvalue weighted by Gasteiger charge is 2.09. The highest BCUT2D eigenvalue weighted by Crippen LogP contribution is 2.33. The molecule has 0 amide bonds. The van der Waals surface area contributed by atoms with E-state index in [1.54, 1.807) is 5.38 Å². The quantitative estimate of drug-likeness (QED) is 0.575. The first-order valence-corrected chi connectivity index (χ1v) is 6.06. The van der Waals surface area contributed by atoms with E-state index in [0.717, 1.165) is 21.3 Å². The lowest BCUT2D eigenvalue weighted by molar-refractivity contribution is 0.112. The van der Waals surface area contributed by atoms with E-state index in [4.69, 9.17) is 0 Å². The summed E-state index contributed by atoms with van der Waals surface area (Å²) in [5.41, 5.74) is 0.648. The van der Waals surface area contributed by atoms with Crippen LogP contribution in [0.15, 0.2) is 22.4 Å². The fraction of sp³-hybridized carbons (Fsp3) is 0.100. The summed E-state index contributed by atoms with van der Waals surface area (Å²) in [6.45, 7) is 0. The third kappa shape index (κ3) is 1.44. The summed E-state index contributed by atoms with van der Waals surface area (Å²) in [5, 5.41) is 2.63. The number of carbonyl (C=O) groups is 1. The Hall–Kier alpha value is -0.870. The van der Waals surface area contributed by atoms with Crippen molar-refractivity contribution in [1.29, 1.82) is 0 Å². The first-order valence-electron chi connectivity index (χ1n) is 3.96. The zero-order valence-corrected chi connectivity index (χ0v) is 9.05. The second-order valence-electron chi connectivity index (χ2n) is 2.79. The number of thioether (sulfide) groups is 1. The van der Waals surface area contributed by atoms with Gasteiger partial charge in [0.15, 0.2) is 6.29 Å². The Morgan fingerprint density at radius 1 is 1.50 bits per heavy atom. The van der Waals surface area contributed by atoms with Crippen LogP contribution in [0.25, 0.3) is 10.1 Å². The molecule has 72 valence electrons. The number of thiophene rings is 1. The van der Waals surface area contributed by atoms with Gasteiger partial charge in [0, 0.05) is 25.9 Å². The normalized spacial score (nSPS) is 10.7. The number of rotatable bonds is 2. The molecule has 0 fully saturated rings. The monoisotopic (exact) mass is 226 g/mol. The Morgan fingerprint density at radius 3 is 2.93 bits per heavy atom. The minimum Gasteiger partial charge on any atom is -0.298 e. The number of fused-ring (bicyclic) bond motifs is 1. The third-order valence-electron chi connectivity index (χ3n) is 1.98. The van der Waals surface area contributed by atoms with Crippen molar-refractivity contribution in [2.24, 2.45) is 0 Å². The summed E-state index contributed by atoms with van der Waals surface area (Å²) in [6, 6.07) is 2.93. The Morgan fingerprint density at radius 2 is 2.29 bits per heavy atom. The van der Waals surface area contributed by atoms with E-state index in [-0.39, 0.29) is 5.82 Å². The number of carbonyl (C=O) groups excluding carboxylic acids is 1. The lowest BCUT2D eigenvalue weighted by Gasteiger charge is -2.00. The first kappa shape index (κ1) is 9.68. The van der Waals surface area contributed by atoms with Crippen molar-refractivity contribution >= 4 is 39.5 Å². The molecule has 0 unspecified atom stereocenters. The van der Waals surface area contributed by atoms with Crippen LogP contribution in [0.3, 0.4) is 0 Å². The Bertz CT molecular complexity index is 490. The number of aldehydes is 1. The zero-order chi connectivity index (χ0) is 10.1. The third-order valence-corrected chi connectivity index (χ3v) is 3.69. The van der Waals surface area contributed by atoms with Crippen molar-refractivity contribution in [3.63, 3.8) is 0 Å². The predicted molar refractivity (Wildman–Crippen MR) is 59.0 cm³/mol. The maximum absolute atomic E-state index is 13.1. The van der Waals surface area contributed by atoms with Gasteiger partial charge in [-0.3, -0.25) is 4.79 Å². The summed E-state index contributed by atoms with van der Waals surface area (Å²) in [4.78, 5) is 11.6. The largest absolute Gasteiger partial charge is 0.298 e. The summed E-state index contributed by atoms with van der Waals surface area (Å²) < 4.78 is 13.9. The number of hydrogen-bond acceptors (Lipinski definition) is 3. The summed E-state index contributed by atoms with van der Waals surface area (Å²) in [5.74, 6) is -0.249. The SMILES string of the molecule is CSc1cc(F)cc2scc(C=O)c12. The molecule has 0 atom stereocenters. The predicted octanol–water partition coefficient (Wildman–Crippen LogP) is 3.57. The van der Waals surface area contributed by atoms with Crippen molar-refractivity contribution in [2.75, 3.05) is 6.26 Å². The molecule has 1 aromatic heterocycles. The molecule has 0 N–H and O–H groups in total. The molecule has 0 aliphatic rings. The van der Waals surface area contributed by atoms with E-state index in [1.165, 1.54) is 35.2 Å². The first-order chi connectivity index (χ1) is 6.76. The fourth-order valence-electron chi connectivity index (χ4n) is 1.37. The van der Waals surface area contributed by atoms with Crippen LogP contribution in [0.5, 0.6) is 0 Å². The summed E-state index contributed by atoms with van der Waals surface area (Å²) in [7, 11) is 0. The molecule has 2 aromatic rings. The minimum atomic E-state index is -0.249. The average molecular weight is 226 g/mol. The number of benzene rings is 1. The minimum absolute atomic E-state index is 0.249. The molecule has 2 rings (SSSR count). The van der Waals surface area contributed by atoms with Gasteiger partial charge in [-0.15, -0.1) is 23.1 Å². The van der Waals surface area contributed by atoms with E-state index in [0.29, 0.717) is 5.56 Å². The standard InChI is InChI=1S/C10H7FOS2/c1-13-8-2-7(11)3-9-10(8)6(4-12)5-14-9/h2-5H,1H3. The fourth-order valence-corrected chi connectivity index (χ4v) is 3.05. The molecule has 14 heavy (non-hydrogen) atoms. The Kier molecular flexibility index (Phi) is 2.56. The molecule has 0 bridgehead atoms. The molecule has 1 heterocycles. The van der Waals surface area contributed by atoms with Crippen LogP contribution in [0.4, 0.5) is 4.39 Å². The van der Waals surface area contributed by atoms with Gasteiger partial charge in [0.05, 0.1) is 0 Å². The molecule has 0 radical (unpaired) electrons. The summed E-state index contributed by atoms with van der Waals surface area (Å²) >= 11 is 2.85. The number of halogens is 1. The van der Waals surface area contributed by atoms with E-state index < -0.39 is 0 Å². The van der Waals surface area contributed by atoms with Crippen molar-refractivity contribution in [3.05, 3.63) is 28.9 Å². The molecule has 0 spiro atoms. The van der Waals surface area contributed by atoms with Gasteiger partial charge in [-0.05, 0) is 18.4 Å². The van der Waals surface area contributed by atoms with Gasteiger partial charge >= 0.3 is 0 Å². The van der Waals surface area contributed by atoms with Gasteiger partial charge in [0.25, 0.3) is 0 Å². The van der Waals surface area contributed by atoms with E-state index in [1.807, 2.05) is 6.26 Å². The van der Waals surface area contributed by atoms with Crippen molar-refractivity contribution in [1.82, 2.24) is 0 Å². The Balaban J connectivity index is 2.85. The van der Waals surface area contributed by atoms with E-state index >= 15 is 0 Å². The zero-order valence-electron chi connectivity index (χ0n) is 7.41. The van der Waals surface area contributed by atoms with Crippen LogP contribution in [0.2, 0.25) is 0 Å². The molecule has 1 nitrogen and oxygen atoms in total. The maximum atomic E-state index is 13.1. The van der Waals surface area contributed by atoms with Crippen LogP contribution in [0, 0.1) is 5.82 Å². The molecule has 4 heteroatoms. The second kappa shape index (κ2) is 3.71. The highest BCUT2D eigenvalue weighted by molar-refractivity contribution is 7.98.